The number of nitrogens with two attached hydrogens (primary N) is 1. The van der Waals surface area contributed by atoms with Gasteiger partial charge in [-0.1, -0.05) is 12.2 Å². The van der Waals surface area contributed by atoms with Crippen molar-refractivity contribution in [2.24, 2.45) is 10.7 Å². The summed E-state index contributed by atoms with van der Waals surface area (Å²) >= 11 is 4.75. The van der Waals surface area contributed by atoms with Gasteiger partial charge in [0, 0.05) is 12.6 Å². The largest absolute Gasteiger partial charge is 0.393 e. The highest BCUT2D eigenvalue weighted by molar-refractivity contribution is 7.80. The first-order chi connectivity index (χ1) is 5.18. The smallest absolute Gasteiger partial charge is 0.0887 e. The van der Waals surface area contributed by atoms with Gasteiger partial charge in [0.25, 0.3) is 0 Å². The summed E-state index contributed by atoms with van der Waals surface area (Å²) < 4.78 is 0. The summed E-state index contributed by atoms with van der Waals surface area (Å²) in [6.07, 6.45) is 3.54. The topological polar surface area (TPSA) is 58.6 Å². The molecule has 3 nitrogen and oxygen atoms in total. The van der Waals surface area contributed by atoms with Crippen molar-refractivity contribution >= 4 is 23.4 Å². The Bertz CT molecular complexity index is 181. The second kappa shape index (κ2) is 3.78. The summed E-state index contributed by atoms with van der Waals surface area (Å²) in [5, 5.41) is 9.05. The van der Waals surface area contributed by atoms with Gasteiger partial charge in [-0.25, -0.2) is 0 Å². The van der Waals surface area contributed by atoms with Crippen LogP contribution in [0.1, 0.15) is 19.3 Å². The summed E-state index contributed by atoms with van der Waals surface area (Å²) in [5.74, 6) is 0. The summed E-state index contributed by atoms with van der Waals surface area (Å²) in [6.45, 7) is 0. The normalized spacial score (nSPS) is 30.3. The molecule has 0 aromatic carbocycles. The predicted octanol–water partition coefficient (Wildman–Crippen LogP) is 0.257. The molecule has 3 N–H and O–H groups in total. The molecule has 1 heterocycles. The molecule has 1 rings (SSSR count). The molecule has 1 aliphatic rings. The number of aliphatic imine (C=N–C) groups is 1. The van der Waals surface area contributed by atoms with E-state index in [-0.39, 0.29) is 12.1 Å². The van der Waals surface area contributed by atoms with Crippen LogP contribution < -0.4 is 5.73 Å². The fraction of sp³-hybridized carbons (Fsp3) is 0.714. The molecule has 0 saturated carbocycles. The number of hydrogen-bond acceptors (Lipinski definition) is 3. The lowest BCUT2D eigenvalue weighted by molar-refractivity contribution is 0.220. The molecule has 0 radical (unpaired) electrons. The second-order valence-corrected chi connectivity index (χ2v) is 3.29. The summed E-state index contributed by atoms with van der Waals surface area (Å²) in [5.41, 5.74) is 5.35. The van der Waals surface area contributed by atoms with Crippen molar-refractivity contribution in [3.05, 3.63) is 0 Å². The van der Waals surface area contributed by atoms with Crippen LogP contribution in [-0.4, -0.2) is 28.5 Å². The van der Waals surface area contributed by atoms with Gasteiger partial charge in [0.15, 0.2) is 0 Å². The number of hydrogen-bond donors (Lipinski definition) is 2. The van der Waals surface area contributed by atoms with Crippen molar-refractivity contribution in [1.29, 1.82) is 0 Å². The van der Waals surface area contributed by atoms with Gasteiger partial charge in [0.05, 0.1) is 17.1 Å². The van der Waals surface area contributed by atoms with Crippen LogP contribution in [0.4, 0.5) is 0 Å². The maximum absolute atomic E-state index is 9.05. The van der Waals surface area contributed by atoms with Gasteiger partial charge in [-0.2, -0.15) is 0 Å². The molecule has 0 spiro atoms. The molecule has 11 heavy (non-hydrogen) atoms. The lowest BCUT2D eigenvalue weighted by Gasteiger charge is -2.17. The first kappa shape index (κ1) is 8.62. The molecule has 0 saturated heterocycles. The minimum Gasteiger partial charge on any atom is -0.393 e. The fourth-order valence-electron chi connectivity index (χ4n) is 1.12. The quantitative estimate of drug-likeness (QED) is 0.587. The van der Waals surface area contributed by atoms with Crippen molar-refractivity contribution < 1.29 is 5.11 Å². The van der Waals surface area contributed by atoms with Crippen LogP contribution in [0, 0.1) is 0 Å². The molecule has 0 aromatic heterocycles. The zero-order chi connectivity index (χ0) is 8.27. The SMILES string of the molecule is NC(=S)CC1CCC(O)C=N1. The number of rotatable bonds is 2. The Hall–Kier alpha value is -0.480. The maximum Gasteiger partial charge on any atom is 0.0887 e. The molecule has 2 unspecified atom stereocenters. The van der Waals surface area contributed by atoms with Gasteiger partial charge < -0.3 is 10.8 Å². The Balaban J connectivity index is 2.38. The first-order valence-corrected chi connectivity index (χ1v) is 4.09. The number of nitrogens with zero attached hydrogens (tertiary/aromatic N) is 1. The number of aliphatic hydroxyl groups excluding tert-OH is 1. The first-order valence-electron chi connectivity index (χ1n) is 3.68. The monoisotopic (exact) mass is 172 g/mol. The zero-order valence-corrected chi connectivity index (χ0v) is 7.05. The van der Waals surface area contributed by atoms with E-state index in [0.717, 1.165) is 12.8 Å². The third-order valence-corrected chi connectivity index (χ3v) is 1.87. The van der Waals surface area contributed by atoms with Crippen molar-refractivity contribution in [3.8, 4) is 0 Å². The van der Waals surface area contributed by atoms with E-state index in [1.54, 1.807) is 6.21 Å². The van der Waals surface area contributed by atoms with Crippen molar-refractivity contribution in [3.63, 3.8) is 0 Å². The Morgan fingerprint density at radius 1 is 1.73 bits per heavy atom. The standard InChI is InChI=1S/C7H12N2OS/c8-7(11)3-5-1-2-6(10)4-9-5/h4-6,10H,1-3H2,(H2,8,11). The van der Waals surface area contributed by atoms with Crippen molar-refractivity contribution in [2.75, 3.05) is 0 Å². The van der Waals surface area contributed by atoms with E-state index in [1.165, 1.54) is 0 Å². The average Bonchev–Trinajstić information content (AvgIpc) is 1.93. The van der Waals surface area contributed by atoms with Gasteiger partial charge >= 0.3 is 0 Å². The molecule has 0 aromatic rings. The number of thiocarbonyl (C=S) groups is 1. The third kappa shape index (κ3) is 2.95. The van der Waals surface area contributed by atoms with Crippen LogP contribution in [0.3, 0.4) is 0 Å². The van der Waals surface area contributed by atoms with E-state index in [4.69, 9.17) is 23.1 Å². The van der Waals surface area contributed by atoms with E-state index in [9.17, 15) is 0 Å². The van der Waals surface area contributed by atoms with Crippen LogP contribution in [0.2, 0.25) is 0 Å². The van der Waals surface area contributed by atoms with E-state index in [0.29, 0.717) is 11.4 Å². The van der Waals surface area contributed by atoms with Crippen molar-refractivity contribution in [1.82, 2.24) is 0 Å². The Morgan fingerprint density at radius 3 is 2.91 bits per heavy atom. The second-order valence-electron chi connectivity index (χ2n) is 2.77. The summed E-state index contributed by atoms with van der Waals surface area (Å²) in [7, 11) is 0. The Morgan fingerprint density at radius 2 is 2.45 bits per heavy atom. The highest BCUT2D eigenvalue weighted by atomic mass is 32.1. The van der Waals surface area contributed by atoms with Crippen LogP contribution in [-0.2, 0) is 0 Å². The fourth-order valence-corrected chi connectivity index (χ4v) is 1.31. The minimum absolute atomic E-state index is 0.205. The lowest BCUT2D eigenvalue weighted by Crippen LogP contribution is -2.24. The summed E-state index contributed by atoms with van der Waals surface area (Å²) in [6, 6.07) is 0.205. The highest BCUT2D eigenvalue weighted by Gasteiger charge is 2.14. The maximum atomic E-state index is 9.05. The van der Waals surface area contributed by atoms with Crippen LogP contribution in [0.15, 0.2) is 4.99 Å². The minimum atomic E-state index is -0.363. The average molecular weight is 172 g/mol. The van der Waals surface area contributed by atoms with E-state index < -0.39 is 0 Å². The van der Waals surface area contributed by atoms with Gasteiger partial charge in [-0.15, -0.1) is 0 Å². The Labute approximate surface area is 71.3 Å². The van der Waals surface area contributed by atoms with Gasteiger partial charge in [0.1, 0.15) is 0 Å². The Kier molecular flexibility index (Phi) is 2.96. The van der Waals surface area contributed by atoms with Crippen LogP contribution in [0.5, 0.6) is 0 Å². The molecular formula is C7H12N2OS. The summed E-state index contributed by atoms with van der Waals surface area (Å²) in [4.78, 5) is 4.61. The van der Waals surface area contributed by atoms with Gasteiger partial charge in [-0.05, 0) is 12.8 Å². The molecule has 0 aliphatic carbocycles. The molecule has 4 heteroatoms. The molecule has 0 bridgehead atoms. The van der Waals surface area contributed by atoms with Crippen molar-refractivity contribution in [2.45, 2.75) is 31.4 Å². The highest BCUT2D eigenvalue weighted by Crippen LogP contribution is 2.12. The molecule has 62 valence electrons. The zero-order valence-electron chi connectivity index (χ0n) is 6.23. The molecule has 2 atom stereocenters. The van der Waals surface area contributed by atoms with Gasteiger partial charge in [-0.3, -0.25) is 4.99 Å². The molecule has 1 aliphatic heterocycles. The van der Waals surface area contributed by atoms with Gasteiger partial charge in [0.2, 0.25) is 0 Å². The molecule has 0 amide bonds. The molecular weight excluding hydrogens is 160 g/mol. The van der Waals surface area contributed by atoms with E-state index >= 15 is 0 Å². The lowest BCUT2D eigenvalue weighted by atomic mass is 10.0. The van der Waals surface area contributed by atoms with Crippen LogP contribution in [0.25, 0.3) is 0 Å². The third-order valence-electron chi connectivity index (χ3n) is 1.70. The number of aliphatic hydroxyl groups is 1. The van der Waals surface area contributed by atoms with E-state index in [2.05, 4.69) is 4.99 Å². The van der Waals surface area contributed by atoms with Crippen LogP contribution >= 0.6 is 12.2 Å². The van der Waals surface area contributed by atoms with E-state index in [1.807, 2.05) is 0 Å². The molecule has 0 fully saturated rings. The predicted molar refractivity (Wildman–Crippen MR) is 48.9 cm³/mol.